The van der Waals surface area contributed by atoms with Crippen LogP contribution in [0.2, 0.25) is 0 Å². The molecule has 4 rings (SSSR count). The molecule has 0 saturated carbocycles. The number of benzene rings is 3. The SMILES string of the molecule is Cc1ccc(C(=O)[C@@H]2[C@@H](c3ccccc3)N2c2ccccc2)cc1. The van der Waals surface area contributed by atoms with Gasteiger partial charge in [-0.3, -0.25) is 4.79 Å². The normalized spacial score (nSPS) is 19.1. The van der Waals surface area contributed by atoms with Crippen molar-refractivity contribution < 1.29 is 4.79 Å². The number of carbonyl (C=O) groups excluding carboxylic acids is 1. The Balaban J connectivity index is 1.69. The van der Waals surface area contributed by atoms with Gasteiger partial charge in [-0.2, -0.15) is 0 Å². The third kappa shape index (κ3) is 2.61. The van der Waals surface area contributed by atoms with E-state index in [0.717, 1.165) is 11.3 Å². The fraction of sp³-hybridized carbons (Fsp3) is 0.136. The van der Waals surface area contributed by atoms with E-state index in [0.29, 0.717) is 0 Å². The Labute approximate surface area is 142 Å². The highest BCUT2D eigenvalue weighted by Crippen LogP contribution is 2.48. The monoisotopic (exact) mass is 313 g/mol. The molecule has 1 saturated heterocycles. The molecule has 118 valence electrons. The first-order chi connectivity index (χ1) is 11.8. The standard InChI is InChI=1S/C22H19NO/c1-16-12-14-18(15-13-16)22(24)21-20(17-8-4-2-5-9-17)23(21)19-10-6-3-7-11-19/h2-15,20-21H,1H3/t20-,21+,23?/m1/s1. The quantitative estimate of drug-likeness (QED) is 0.509. The molecule has 0 bridgehead atoms. The van der Waals surface area contributed by atoms with Crippen LogP contribution in [0.4, 0.5) is 5.69 Å². The maximum atomic E-state index is 13.0. The number of hydrogen-bond acceptors (Lipinski definition) is 2. The maximum Gasteiger partial charge on any atom is 0.187 e. The van der Waals surface area contributed by atoms with E-state index in [1.165, 1.54) is 11.1 Å². The minimum Gasteiger partial charge on any atom is -0.349 e. The summed E-state index contributed by atoms with van der Waals surface area (Å²) in [4.78, 5) is 15.2. The van der Waals surface area contributed by atoms with Gasteiger partial charge >= 0.3 is 0 Å². The van der Waals surface area contributed by atoms with Gasteiger partial charge in [0, 0.05) is 11.3 Å². The zero-order valence-electron chi connectivity index (χ0n) is 13.6. The number of rotatable bonds is 4. The smallest absolute Gasteiger partial charge is 0.187 e. The number of anilines is 1. The highest BCUT2D eigenvalue weighted by atomic mass is 16.1. The van der Waals surface area contributed by atoms with Gasteiger partial charge in [-0.1, -0.05) is 78.4 Å². The zero-order chi connectivity index (χ0) is 16.5. The van der Waals surface area contributed by atoms with Crippen molar-refractivity contribution in [3.8, 4) is 0 Å². The lowest BCUT2D eigenvalue weighted by Gasteiger charge is -2.06. The molecule has 3 aromatic rings. The first kappa shape index (κ1) is 14.7. The summed E-state index contributed by atoms with van der Waals surface area (Å²) in [5.41, 5.74) is 4.23. The van der Waals surface area contributed by atoms with Gasteiger partial charge in [-0.15, -0.1) is 0 Å². The summed E-state index contributed by atoms with van der Waals surface area (Å²) in [6.07, 6.45) is 0. The van der Waals surface area contributed by atoms with E-state index in [9.17, 15) is 4.79 Å². The zero-order valence-corrected chi connectivity index (χ0v) is 13.6. The highest BCUT2D eigenvalue weighted by molar-refractivity contribution is 6.06. The second kappa shape index (κ2) is 5.97. The molecule has 1 aliphatic rings. The molecule has 1 fully saturated rings. The van der Waals surface area contributed by atoms with Crippen LogP contribution in [0.5, 0.6) is 0 Å². The van der Waals surface area contributed by atoms with Crippen LogP contribution in [0.25, 0.3) is 0 Å². The van der Waals surface area contributed by atoms with E-state index in [1.807, 2.05) is 67.6 Å². The second-order valence-corrected chi connectivity index (χ2v) is 6.27. The van der Waals surface area contributed by atoms with Crippen molar-refractivity contribution in [1.29, 1.82) is 0 Å². The van der Waals surface area contributed by atoms with Crippen molar-refractivity contribution in [3.05, 3.63) is 102 Å². The molecule has 1 aliphatic heterocycles. The summed E-state index contributed by atoms with van der Waals surface area (Å²) in [6.45, 7) is 2.04. The topological polar surface area (TPSA) is 20.1 Å². The molecule has 0 aliphatic carbocycles. The largest absolute Gasteiger partial charge is 0.349 e. The average Bonchev–Trinajstić information content (AvgIpc) is 3.39. The third-order valence-electron chi connectivity index (χ3n) is 4.61. The van der Waals surface area contributed by atoms with E-state index >= 15 is 0 Å². The Hall–Kier alpha value is -2.87. The number of Topliss-reactive ketones (excluding diaryl/α,β-unsaturated/α-hetero) is 1. The van der Waals surface area contributed by atoms with Gasteiger partial charge in [-0.05, 0) is 24.6 Å². The number of carbonyl (C=O) groups is 1. The highest BCUT2D eigenvalue weighted by Gasteiger charge is 2.53. The van der Waals surface area contributed by atoms with Gasteiger partial charge in [0.15, 0.2) is 5.78 Å². The molecule has 24 heavy (non-hydrogen) atoms. The number of hydrogen-bond donors (Lipinski definition) is 0. The third-order valence-corrected chi connectivity index (χ3v) is 4.61. The maximum absolute atomic E-state index is 13.0. The van der Waals surface area contributed by atoms with Crippen molar-refractivity contribution >= 4 is 11.5 Å². The van der Waals surface area contributed by atoms with Crippen LogP contribution >= 0.6 is 0 Å². The summed E-state index contributed by atoms with van der Waals surface area (Å²) in [5, 5.41) is 0. The molecule has 2 nitrogen and oxygen atoms in total. The lowest BCUT2D eigenvalue weighted by Crippen LogP contribution is -2.12. The van der Waals surface area contributed by atoms with Crippen molar-refractivity contribution in [2.45, 2.75) is 19.0 Å². The molecule has 0 unspecified atom stereocenters. The number of para-hydroxylation sites is 1. The lowest BCUT2D eigenvalue weighted by atomic mass is 10.0. The van der Waals surface area contributed by atoms with E-state index in [4.69, 9.17) is 0 Å². The van der Waals surface area contributed by atoms with Crippen LogP contribution in [0.15, 0.2) is 84.9 Å². The molecule has 1 heterocycles. The van der Waals surface area contributed by atoms with Gasteiger partial charge < -0.3 is 4.90 Å². The Morgan fingerprint density at radius 1 is 0.792 bits per heavy atom. The summed E-state index contributed by atoms with van der Waals surface area (Å²) >= 11 is 0. The summed E-state index contributed by atoms with van der Waals surface area (Å²) in [7, 11) is 0. The summed E-state index contributed by atoms with van der Waals surface area (Å²) in [6, 6.07) is 28.3. The van der Waals surface area contributed by atoms with E-state index in [1.54, 1.807) is 0 Å². The minimum absolute atomic E-state index is 0.113. The van der Waals surface area contributed by atoms with Crippen LogP contribution < -0.4 is 4.90 Å². The summed E-state index contributed by atoms with van der Waals surface area (Å²) in [5.74, 6) is 0.188. The minimum atomic E-state index is -0.127. The van der Waals surface area contributed by atoms with Gasteiger partial charge in [0.25, 0.3) is 0 Å². The van der Waals surface area contributed by atoms with Gasteiger partial charge in [-0.25, -0.2) is 0 Å². The number of ketones is 1. The van der Waals surface area contributed by atoms with Crippen LogP contribution in [-0.2, 0) is 0 Å². The van der Waals surface area contributed by atoms with Crippen LogP contribution in [0.1, 0.15) is 27.5 Å². The first-order valence-corrected chi connectivity index (χ1v) is 8.25. The predicted octanol–water partition coefficient (Wildman–Crippen LogP) is 4.81. The van der Waals surface area contributed by atoms with Crippen molar-refractivity contribution in [1.82, 2.24) is 0 Å². The first-order valence-electron chi connectivity index (χ1n) is 8.25. The fourth-order valence-electron chi connectivity index (χ4n) is 3.30. The molecular weight excluding hydrogens is 294 g/mol. The Morgan fingerprint density at radius 2 is 1.38 bits per heavy atom. The van der Waals surface area contributed by atoms with Crippen LogP contribution in [0.3, 0.4) is 0 Å². The lowest BCUT2D eigenvalue weighted by molar-refractivity contribution is 0.0990. The van der Waals surface area contributed by atoms with Crippen LogP contribution in [0, 0.1) is 6.92 Å². The predicted molar refractivity (Wildman–Crippen MR) is 97.4 cm³/mol. The Morgan fingerprint density at radius 3 is 2.00 bits per heavy atom. The van der Waals surface area contributed by atoms with E-state index in [-0.39, 0.29) is 17.9 Å². The van der Waals surface area contributed by atoms with Gasteiger partial charge in [0.1, 0.15) is 6.04 Å². The van der Waals surface area contributed by atoms with Gasteiger partial charge in [0.2, 0.25) is 0 Å². The Kier molecular flexibility index (Phi) is 3.66. The van der Waals surface area contributed by atoms with E-state index < -0.39 is 0 Å². The van der Waals surface area contributed by atoms with Crippen molar-refractivity contribution in [2.24, 2.45) is 0 Å². The number of nitrogens with zero attached hydrogens (tertiary/aromatic N) is 1. The molecule has 0 N–H and O–H groups in total. The Bertz CT molecular complexity index is 795. The van der Waals surface area contributed by atoms with Crippen molar-refractivity contribution in [2.75, 3.05) is 4.90 Å². The number of aryl methyl sites for hydroxylation is 1. The average molecular weight is 313 g/mol. The van der Waals surface area contributed by atoms with Crippen molar-refractivity contribution in [3.63, 3.8) is 0 Å². The van der Waals surface area contributed by atoms with E-state index in [2.05, 4.69) is 29.2 Å². The molecule has 2 heteroatoms. The molecule has 0 spiro atoms. The molecule has 0 amide bonds. The fourth-order valence-corrected chi connectivity index (χ4v) is 3.30. The van der Waals surface area contributed by atoms with Crippen LogP contribution in [-0.4, -0.2) is 11.8 Å². The van der Waals surface area contributed by atoms with Gasteiger partial charge in [0.05, 0.1) is 6.04 Å². The molecule has 3 aromatic carbocycles. The summed E-state index contributed by atoms with van der Waals surface area (Å²) < 4.78 is 0. The molecule has 0 radical (unpaired) electrons. The second-order valence-electron chi connectivity index (χ2n) is 6.27. The molecule has 0 aromatic heterocycles. The molecular formula is C22H19NO. The molecule has 2 atom stereocenters.